The summed E-state index contributed by atoms with van der Waals surface area (Å²) in [7, 11) is 0. The molecule has 18 heavy (non-hydrogen) atoms. The number of ketones is 1. The van der Waals surface area contributed by atoms with E-state index in [1.165, 1.54) is 0 Å². The summed E-state index contributed by atoms with van der Waals surface area (Å²) in [6.45, 7) is 6.69. The second-order valence-corrected chi connectivity index (χ2v) is 4.72. The minimum absolute atomic E-state index is 0.0535. The molecule has 0 saturated carbocycles. The number of likely N-dealkylation sites (N-methyl/N-ethyl adjacent to an activating group) is 1. The minimum Gasteiger partial charge on any atom is -0.354 e. The van der Waals surface area contributed by atoms with Gasteiger partial charge in [0.15, 0.2) is 5.78 Å². The molecule has 5 heteroatoms. The van der Waals surface area contributed by atoms with Gasteiger partial charge >= 0.3 is 0 Å². The van der Waals surface area contributed by atoms with E-state index in [9.17, 15) is 9.59 Å². The van der Waals surface area contributed by atoms with Crippen LogP contribution in [-0.2, 0) is 9.59 Å². The van der Waals surface area contributed by atoms with Crippen molar-refractivity contribution in [3.05, 3.63) is 0 Å². The smallest absolute Gasteiger partial charge is 0.224 e. The lowest BCUT2D eigenvalue weighted by Crippen LogP contribution is -2.48. The molecule has 0 bridgehead atoms. The fraction of sp³-hybridized carbons (Fsp3) is 0.846. The number of hydrogen-bond donors (Lipinski definition) is 3. The van der Waals surface area contributed by atoms with Gasteiger partial charge in [-0.2, -0.15) is 0 Å². The maximum absolute atomic E-state index is 11.9. The number of rotatable bonds is 7. The highest BCUT2D eigenvalue weighted by Crippen LogP contribution is 2.09. The van der Waals surface area contributed by atoms with E-state index in [0.717, 1.165) is 32.5 Å². The Morgan fingerprint density at radius 3 is 2.72 bits per heavy atom. The number of Topliss-reactive ketones (excluding diaryl/α,β-unsaturated/α-hetero) is 1. The Morgan fingerprint density at radius 2 is 2.17 bits per heavy atom. The summed E-state index contributed by atoms with van der Waals surface area (Å²) in [5, 5.41) is 9.22. The first-order valence-corrected chi connectivity index (χ1v) is 6.93. The van der Waals surface area contributed by atoms with Crippen molar-refractivity contribution >= 4 is 11.7 Å². The zero-order chi connectivity index (χ0) is 13.4. The van der Waals surface area contributed by atoms with Crippen molar-refractivity contribution < 1.29 is 9.59 Å². The second-order valence-electron chi connectivity index (χ2n) is 4.72. The number of amides is 1. The molecule has 1 amide bonds. The standard InChI is InChI=1S/C13H25N3O2/c1-3-12(17)11(15-4-2)9-16-13(18)10-6-5-7-14-8-10/h10-11,14-15H,3-9H2,1-2H3,(H,16,18)/t10?,11-/m0/s1. The quantitative estimate of drug-likeness (QED) is 0.601. The van der Waals surface area contributed by atoms with Gasteiger partial charge in [-0.3, -0.25) is 9.59 Å². The molecular formula is C13H25N3O2. The van der Waals surface area contributed by atoms with Gasteiger partial charge in [-0.05, 0) is 25.9 Å². The molecule has 1 saturated heterocycles. The average molecular weight is 255 g/mol. The lowest BCUT2D eigenvalue weighted by molar-refractivity contribution is -0.126. The Hall–Kier alpha value is -0.940. The predicted octanol–water partition coefficient (Wildman–Crippen LogP) is 0.0594. The van der Waals surface area contributed by atoms with Crippen molar-refractivity contribution in [2.45, 2.75) is 39.2 Å². The highest BCUT2D eigenvalue weighted by molar-refractivity contribution is 5.85. The fourth-order valence-corrected chi connectivity index (χ4v) is 2.22. The monoisotopic (exact) mass is 255 g/mol. The van der Waals surface area contributed by atoms with E-state index in [-0.39, 0.29) is 23.7 Å². The van der Waals surface area contributed by atoms with E-state index < -0.39 is 0 Å². The van der Waals surface area contributed by atoms with Gasteiger partial charge in [-0.15, -0.1) is 0 Å². The maximum Gasteiger partial charge on any atom is 0.224 e. The molecule has 1 aliphatic heterocycles. The summed E-state index contributed by atoms with van der Waals surface area (Å²) in [5.74, 6) is 0.269. The van der Waals surface area contributed by atoms with Crippen LogP contribution in [0.25, 0.3) is 0 Å². The molecule has 0 aromatic carbocycles. The van der Waals surface area contributed by atoms with Crippen LogP contribution in [0, 0.1) is 5.92 Å². The summed E-state index contributed by atoms with van der Waals surface area (Å²) < 4.78 is 0. The molecular weight excluding hydrogens is 230 g/mol. The number of hydrogen-bond acceptors (Lipinski definition) is 4. The molecule has 1 unspecified atom stereocenters. The number of nitrogens with one attached hydrogen (secondary N) is 3. The first kappa shape index (κ1) is 15.1. The molecule has 2 atom stereocenters. The molecule has 5 nitrogen and oxygen atoms in total. The molecule has 1 aliphatic rings. The first-order chi connectivity index (χ1) is 8.69. The maximum atomic E-state index is 11.9. The van der Waals surface area contributed by atoms with Crippen LogP contribution in [-0.4, -0.2) is 43.9 Å². The van der Waals surface area contributed by atoms with Crippen LogP contribution in [0.2, 0.25) is 0 Å². The van der Waals surface area contributed by atoms with Crippen LogP contribution in [0.4, 0.5) is 0 Å². The molecule has 0 aliphatic carbocycles. The van der Waals surface area contributed by atoms with E-state index in [2.05, 4.69) is 16.0 Å². The van der Waals surface area contributed by atoms with Crippen LogP contribution in [0.15, 0.2) is 0 Å². The van der Waals surface area contributed by atoms with Crippen LogP contribution in [0.3, 0.4) is 0 Å². The molecule has 1 rings (SSSR count). The summed E-state index contributed by atoms with van der Waals surface area (Å²) >= 11 is 0. The third kappa shape index (κ3) is 4.74. The Morgan fingerprint density at radius 1 is 1.39 bits per heavy atom. The molecule has 1 fully saturated rings. The van der Waals surface area contributed by atoms with Gasteiger partial charge < -0.3 is 16.0 Å². The van der Waals surface area contributed by atoms with Crippen molar-refractivity contribution in [3.8, 4) is 0 Å². The van der Waals surface area contributed by atoms with Crippen molar-refractivity contribution in [1.82, 2.24) is 16.0 Å². The van der Waals surface area contributed by atoms with Crippen LogP contribution >= 0.6 is 0 Å². The number of carbonyl (C=O) groups is 2. The lowest BCUT2D eigenvalue weighted by Gasteiger charge is -2.23. The highest BCUT2D eigenvalue weighted by Gasteiger charge is 2.22. The molecule has 104 valence electrons. The zero-order valence-electron chi connectivity index (χ0n) is 11.4. The lowest BCUT2D eigenvalue weighted by atomic mass is 9.98. The predicted molar refractivity (Wildman–Crippen MR) is 71.4 cm³/mol. The van der Waals surface area contributed by atoms with E-state index in [0.29, 0.717) is 13.0 Å². The van der Waals surface area contributed by atoms with Gasteiger partial charge in [-0.1, -0.05) is 13.8 Å². The van der Waals surface area contributed by atoms with E-state index >= 15 is 0 Å². The van der Waals surface area contributed by atoms with Gasteiger partial charge in [0.2, 0.25) is 5.91 Å². The third-order valence-electron chi connectivity index (χ3n) is 3.34. The van der Waals surface area contributed by atoms with E-state index in [4.69, 9.17) is 0 Å². The van der Waals surface area contributed by atoms with Gasteiger partial charge in [0.1, 0.15) is 0 Å². The Kier molecular flexibility index (Phi) is 6.90. The van der Waals surface area contributed by atoms with Gasteiger partial charge in [-0.25, -0.2) is 0 Å². The van der Waals surface area contributed by atoms with Gasteiger partial charge in [0.05, 0.1) is 12.0 Å². The van der Waals surface area contributed by atoms with E-state index in [1.54, 1.807) is 0 Å². The molecule has 1 heterocycles. The molecule has 0 spiro atoms. The largest absolute Gasteiger partial charge is 0.354 e. The summed E-state index contributed by atoms with van der Waals surface area (Å²) in [4.78, 5) is 23.6. The molecule has 0 aromatic rings. The minimum atomic E-state index is -0.250. The van der Waals surface area contributed by atoms with Crippen LogP contribution in [0.1, 0.15) is 33.1 Å². The number of piperidine rings is 1. The van der Waals surface area contributed by atoms with Crippen molar-refractivity contribution in [2.24, 2.45) is 5.92 Å². The SMILES string of the molecule is CCN[C@@H](CNC(=O)C1CCCNC1)C(=O)CC. The van der Waals surface area contributed by atoms with Crippen LogP contribution in [0.5, 0.6) is 0 Å². The topological polar surface area (TPSA) is 70.2 Å². The summed E-state index contributed by atoms with van der Waals surface area (Å²) in [6, 6.07) is -0.250. The fourth-order valence-electron chi connectivity index (χ4n) is 2.22. The molecule has 0 radical (unpaired) electrons. The van der Waals surface area contributed by atoms with Gasteiger partial charge in [0, 0.05) is 19.5 Å². The zero-order valence-corrected chi connectivity index (χ0v) is 11.4. The molecule has 3 N–H and O–H groups in total. The van der Waals surface area contributed by atoms with Crippen molar-refractivity contribution in [3.63, 3.8) is 0 Å². The van der Waals surface area contributed by atoms with Gasteiger partial charge in [0.25, 0.3) is 0 Å². The average Bonchev–Trinajstić information content (AvgIpc) is 2.43. The van der Waals surface area contributed by atoms with Crippen molar-refractivity contribution in [1.29, 1.82) is 0 Å². The normalized spacial score (nSPS) is 21.3. The second kappa shape index (κ2) is 8.21. The summed E-state index contributed by atoms with van der Waals surface area (Å²) in [6.07, 6.45) is 2.48. The highest BCUT2D eigenvalue weighted by atomic mass is 16.2. The van der Waals surface area contributed by atoms with Crippen molar-refractivity contribution in [2.75, 3.05) is 26.2 Å². The number of carbonyl (C=O) groups excluding carboxylic acids is 2. The Labute approximate surface area is 109 Å². The Balaban J connectivity index is 2.35. The van der Waals surface area contributed by atoms with E-state index in [1.807, 2.05) is 13.8 Å². The third-order valence-corrected chi connectivity index (χ3v) is 3.34. The van der Waals surface area contributed by atoms with Crippen LogP contribution < -0.4 is 16.0 Å². The summed E-state index contributed by atoms with van der Waals surface area (Å²) in [5.41, 5.74) is 0. The first-order valence-electron chi connectivity index (χ1n) is 6.93. The Bertz CT molecular complexity index is 275. The molecule has 0 aromatic heterocycles.